The number of hydrogen-bond acceptors (Lipinski definition) is 4. The molecular formula is C23H33IN4O2. The lowest BCUT2D eigenvalue weighted by Gasteiger charge is -2.34. The number of piperidine rings is 1. The Bertz CT molecular complexity index is 782. The zero-order valence-corrected chi connectivity index (χ0v) is 20.1. The molecule has 1 saturated heterocycles. The first-order valence-electron chi connectivity index (χ1n) is 10.9. The molecule has 1 aliphatic heterocycles. The Hall–Kier alpha value is -1.61. The van der Waals surface area contributed by atoms with Crippen LogP contribution in [0.15, 0.2) is 46.0 Å². The Balaban J connectivity index is 0.00000256. The van der Waals surface area contributed by atoms with Gasteiger partial charge in [0, 0.05) is 32.3 Å². The Morgan fingerprint density at radius 2 is 1.90 bits per heavy atom. The lowest BCUT2D eigenvalue weighted by molar-refractivity contribution is 0.00101. The van der Waals surface area contributed by atoms with Crippen molar-refractivity contribution < 1.29 is 9.15 Å². The van der Waals surface area contributed by atoms with Gasteiger partial charge in [-0.05, 0) is 43.7 Å². The van der Waals surface area contributed by atoms with Crippen LogP contribution < -0.4 is 5.32 Å². The smallest absolute Gasteiger partial charge is 0.226 e. The molecule has 1 aromatic heterocycles. The van der Waals surface area contributed by atoms with Crippen LogP contribution in [0.4, 0.5) is 0 Å². The molecule has 0 radical (unpaired) electrons. The van der Waals surface area contributed by atoms with Crippen molar-refractivity contribution in [3.05, 3.63) is 42.3 Å². The minimum atomic E-state index is 0. The molecule has 6 nitrogen and oxygen atoms in total. The summed E-state index contributed by atoms with van der Waals surface area (Å²) < 4.78 is 11.8. The minimum absolute atomic E-state index is 0. The lowest BCUT2D eigenvalue weighted by atomic mass is 10.1. The van der Waals surface area contributed by atoms with Gasteiger partial charge in [0.15, 0.2) is 5.96 Å². The van der Waals surface area contributed by atoms with Gasteiger partial charge in [-0.1, -0.05) is 31.0 Å². The van der Waals surface area contributed by atoms with Crippen molar-refractivity contribution in [2.75, 3.05) is 26.7 Å². The molecule has 1 saturated carbocycles. The zero-order valence-electron chi connectivity index (χ0n) is 17.8. The number of oxazole rings is 1. The summed E-state index contributed by atoms with van der Waals surface area (Å²) in [7, 11) is 1.84. The number of halogens is 1. The largest absolute Gasteiger partial charge is 0.444 e. The summed E-state index contributed by atoms with van der Waals surface area (Å²) in [5, 5.41) is 3.42. The van der Waals surface area contributed by atoms with Gasteiger partial charge in [-0.15, -0.1) is 24.0 Å². The molecule has 164 valence electrons. The van der Waals surface area contributed by atoms with Crippen LogP contribution in [0.5, 0.6) is 0 Å². The molecule has 1 aromatic carbocycles. The van der Waals surface area contributed by atoms with Crippen LogP contribution in [0.1, 0.15) is 44.2 Å². The molecule has 0 atom stereocenters. The summed E-state index contributed by atoms with van der Waals surface area (Å²) >= 11 is 0. The van der Waals surface area contributed by atoms with E-state index in [9.17, 15) is 0 Å². The maximum absolute atomic E-state index is 6.19. The highest BCUT2D eigenvalue weighted by Gasteiger charge is 2.24. The van der Waals surface area contributed by atoms with Gasteiger partial charge in [0.2, 0.25) is 5.89 Å². The first-order chi connectivity index (χ1) is 14.3. The van der Waals surface area contributed by atoms with Gasteiger partial charge >= 0.3 is 0 Å². The molecule has 30 heavy (non-hydrogen) atoms. The topological polar surface area (TPSA) is 62.9 Å². The SMILES string of the molecule is CN=C(NCc1coc(-c2ccccc2)n1)N1CCC(OCC2CCCC2)CC1.I. The number of aliphatic imine (C=N–C) groups is 1. The molecule has 2 fully saturated rings. The van der Waals surface area contributed by atoms with E-state index in [-0.39, 0.29) is 24.0 Å². The molecule has 2 aromatic rings. The molecule has 0 spiro atoms. The van der Waals surface area contributed by atoms with Crippen molar-refractivity contribution in [2.45, 2.75) is 51.2 Å². The van der Waals surface area contributed by atoms with Gasteiger partial charge in [-0.25, -0.2) is 4.98 Å². The Labute approximate surface area is 196 Å². The highest BCUT2D eigenvalue weighted by Crippen LogP contribution is 2.26. The number of likely N-dealkylation sites (tertiary alicyclic amines) is 1. The molecular weight excluding hydrogens is 491 g/mol. The van der Waals surface area contributed by atoms with Crippen LogP contribution >= 0.6 is 24.0 Å². The predicted molar refractivity (Wildman–Crippen MR) is 130 cm³/mol. The van der Waals surface area contributed by atoms with E-state index in [0.29, 0.717) is 18.5 Å². The van der Waals surface area contributed by atoms with Crippen LogP contribution in [0.3, 0.4) is 0 Å². The summed E-state index contributed by atoms with van der Waals surface area (Å²) in [5.41, 5.74) is 1.86. The minimum Gasteiger partial charge on any atom is -0.444 e. The van der Waals surface area contributed by atoms with Crippen LogP contribution in [0, 0.1) is 5.92 Å². The van der Waals surface area contributed by atoms with Gasteiger partial charge < -0.3 is 19.4 Å². The summed E-state index contributed by atoms with van der Waals surface area (Å²) in [5.74, 6) is 2.37. The van der Waals surface area contributed by atoms with E-state index in [0.717, 1.165) is 55.7 Å². The molecule has 0 unspecified atom stereocenters. The maximum Gasteiger partial charge on any atom is 0.226 e. The van der Waals surface area contributed by atoms with Crippen LogP contribution in [0.25, 0.3) is 11.5 Å². The zero-order chi connectivity index (χ0) is 19.9. The number of benzene rings is 1. The predicted octanol–water partition coefficient (Wildman–Crippen LogP) is 4.71. The molecule has 7 heteroatoms. The van der Waals surface area contributed by atoms with Crippen molar-refractivity contribution in [3.8, 4) is 11.5 Å². The number of rotatable bonds is 6. The Morgan fingerprint density at radius 3 is 2.60 bits per heavy atom. The fourth-order valence-corrected chi connectivity index (χ4v) is 4.29. The molecule has 2 aliphatic rings. The first-order valence-corrected chi connectivity index (χ1v) is 10.9. The van der Waals surface area contributed by atoms with Gasteiger partial charge in [0.25, 0.3) is 0 Å². The molecule has 2 heterocycles. The number of nitrogens with one attached hydrogen (secondary N) is 1. The van der Waals surface area contributed by atoms with Crippen molar-refractivity contribution in [1.29, 1.82) is 0 Å². The summed E-state index contributed by atoms with van der Waals surface area (Å²) in [4.78, 5) is 11.4. The molecule has 0 bridgehead atoms. The second kappa shape index (κ2) is 11.7. The van der Waals surface area contributed by atoms with E-state index >= 15 is 0 Å². The third kappa shape index (κ3) is 6.20. The monoisotopic (exact) mass is 524 g/mol. The van der Waals surface area contributed by atoms with Crippen molar-refractivity contribution in [2.24, 2.45) is 10.9 Å². The van der Waals surface area contributed by atoms with E-state index in [2.05, 4.69) is 20.2 Å². The van der Waals surface area contributed by atoms with E-state index in [1.807, 2.05) is 37.4 Å². The van der Waals surface area contributed by atoms with E-state index in [4.69, 9.17) is 9.15 Å². The Kier molecular flexibility index (Phi) is 8.99. The van der Waals surface area contributed by atoms with Crippen molar-refractivity contribution in [3.63, 3.8) is 0 Å². The third-order valence-electron chi connectivity index (χ3n) is 6.00. The van der Waals surface area contributed by atoms with Crippen molar-refractivity contribution >= 4 is 29.9 Å². The van der Waals surface area contributed by atoms with Gasteiger partial charge in [-0.3, -0.25) is 4.99 Å². The fourth-order valence-electron chi connectivity index (χ4n) is 4.29. The number of aromatic nitrogens is 1. The molecule has 4 rings (SSSR count). The lowest BCUT2D eigenvalue weighted by Crippen LogP contribution is -2.46. The van der Waals surface area contributed by atoms with E-state index in [1.54, 1.807) is 6.26 Å². The number of guanidine groups is 1. The average Bonchev–Trinajstić information content (AvgIpc) is 3.46. The van der Waals surface area contributed by atoms with Crippen LogP contribution in [-0.2, 0) is 11.3 Å². The van der Waals surface area contributed by atoms with Gasteiger partial charge in [0.1, 0.15) is 6.26 Å². The summed E-state index contributed by atoms with van der Waals surface area (Å²) in [6.07, 6.45) is 9.71. The third-order valence-corrected chi connectivity index (χ3v) is 6.00. The fraction of sp³-hybridized carbons (Fsp3) is 0.565. The van der Waals surface area contributed by atoms with Crippen LogP contribution in [-0.4, -0.2) is 48.7 Å². The average molecular weight is 524 g/mol. The van der Waals surface area contributed by atoms with Gasteiger partial charge in [0.05, 0.1) is 18.3 Å². The summed E-state index contributed by atoms with van der Waals surface area (Å²) in [6, 6.07) is 9.96. The number of hydrogen-bond donors (Lipinski definition) is 1. The van der Waals surface area contributed by atoms with E-state index < -0.39 is 0 Å². The standard InChI is InChI=1S/C23H32N4O2.HI/c1-24-23(25-15-20-17-29-22(26-20)19-9-3-2-4-10-19)27-13-11-21(12-14-27)28-16-18-7-5-6-8-18;/h2-4,9-10,17-18,21H,5-8,11-16H2,1H3,(H,24,25);1H. The first kappa shape index (κ1) is 23.1. The second-order valence-electron chi connectivity index (χ2n) is 8.08. The normalized spacial score (nSPS) is 18.4. The van der Waals surface area contributed by atoms with Crippen molar-refractivity contribution in [1.82, 2.24) is 15.2 Å². The maximum atomic E-state index is 6.19. The van der Waals surface area contributed by atoms with E-state index in [1.165, 1.54) is 25.7 Å². The highest BCUT2D eigenvalue weighted by molar-refractivity contribution is 14.0. The second-order valence-corrected chi connectivity index (χ2v) is 8.08. The van der Waals surface area contributed by atoms with Crippen LogP contribution in [0.2, 0.25) is 0 Å². The Morgan fingerprint density at radius 1 is 1.17 bits per heavy atom. The number of ether oxygens (including phenoxy) is 1. The highest BCUT2D eigenvalue weighted by atomic mass is 127. The van der Waals surface area contributed by atoms with Gasteiger partial charge in [-0.2, -0.15) is 0 Å². The number of nitrogens with zero attached hydrogens (tertiary/aromatic N) is 3. The molecule has 1 N–H and O–H groups in total. The quantitative estimate of drug-likeness (QED) is 0.337. The summed E-state index contributed by atoms with van der Waals surface area (Å²) in [6.45, 7) is 3.50. The molecule has 1 aliphatic carbocycles. The molecule has 0 amide bonds.